The highest BCUT2D eigenvalue weighted by Crippen LogP contribution is 2.26. The molecular formula is C16H18N2O2. The van der Waals surface area contributed by atoms with Crippen LogP contribution in [0, 0.1) is 6.92 Å². The second-order valence-electron chi connectivity index (χ2n) is 5.25. The topological polar surface area (TPSA) is 45.5 Å². The predicted molar refractivity (Wildman–Crippen MR) is 77.5 cm³/mol. The zero-order valence-electron chi connectivity index (χ0n) is 11.7. The number of furan rings is 1. The van der Waals surface area contributed by atoms with Crippen LogP contribution in [0.4, 0.5) is 5.69 Å². The molecule has 1 unspecified atom stereocenters. The van der Waals surface area contributed by atoms with Gasteiger partial charge in [-0.25, -0.2) is 0 Å². The van der Waals surface area contributed by atoms with Crippen LogP contribution >= 0.6 is 0 Å². The number of carbonyl (C=O) groups is 1. The number of fused-ring (bicyclic) bond motifs is 1. The van der Waals surface area contributed by atoms with Crippen LogP contribution < -0.4 is 5.32 Å². The smallest absolute Gasteiger partial charge is 0.245 e. The van der Waals surface area contributed by atoms with Crippen LogP contribution in [0.2, 0.25) is 0 Å². The fourth-order valence-corrected chi connectivity index (χ4v) is 2.62. The molecule has 0 spiro atoms. The number of nitrogens with zero attached hydrogens (tertiary/aromatic N) is 1. The van der Waals surface area contributed by atoms with Crippen LogP contribution in [0.1, 0.15) is 16.9 Å². The Labute approximate surface area is 118 Å². The lowest BCUT2D eigenvalue weighted by atomic mass is 10.1. The maximum Gasteiger partial charge on any atom is 0.245 e. The van der Waals surface area contributed by atoms with Crippen molar-refractivity contribution in [2.24, 2.45) is 0 Å². The lowest BCUT2D eigenvalue weighted by Gasteiger charge is -2.21. The molecule has 4 nitrogen and oxygen atoms in total. The zero-order chi connectivity index (χ0) is 14.1. The summed E-state index contributed by atoms with van der Waals surface area (Å²) < 4.78 is 5.27. The van der Waals surface area contributed by atoms with E-state index in [4.69, 9.17) is 4.42 Å². The Balaban J connectivity index is 1.67. The quantitative estimate of drug-likeness (QED) is 0.932. The van der Waals surface area contributed by atoms with Crippen LogP contribution in [-0.2, 0) is 17.8 Å². The number of para-hydroxylation sites is 1. The number of rotatable bonds is 3. The van der Waals surface area contributed by atoms with Crippen molar-refractivity contribution >= 4 is 11.6 Å². The molecular weight excluding hydrogens is 252 g/mol. The highest BCUT2D eigenvalue weighted by molar-refractivity contribution is 5.87. The minimum absolute atomic E-state index is 0.113. The van der Waals surface area contributed by atoms with E-state index in [1.807, 2.05) is 38.2 Å². The van der Waals surface area contributed by atoms with Gasteiger partial charge in [0.25, 0.3) is 0 Å². The number of hydrogen-bond acceptors (Lipinski definition) is 3. The molecule has 2 heterocycles. The summed E-state index contributed by atoms with van der Waals surface area (Å²) in [5, 5.41) is 3.29. The minimum atomic E-state index is -0.162. The summed E-state index contributed by atoms with van der Waals surface area (Å²) in [4.78, 5) is 14.2. The van der Waals surface area contributed by atoms with E-state index >= 15 is 0 Å². The number of carbonyl (C=O) groups excluding carboxylic acids is 1. The van der Waals surface area contributed by atoms with Crippen LogP contribution in [-0.4, -0.2) is 23.9 Å². The Morgan fingerprint density at radius 3 is 2.90 bits per heavy atom. The maximum absolute atomic E-state index is 12.5. The fraction of sp³-hybridized carbons (Fsp3) is 0.312. The molecule has 1 aliphatic heterocycles. The molecule has 1 aromatic carbocycles. The van der Waals surface area contributed by atoms with E-state index in [-0.39, 0.29) is 11.9 Å². The first-order valence-corrected chi connectivity index (χ1v) is 6.77. The SMILES string of the molecule is Cc1occc1CN(C)C(=O)C1Cc2ccccc2N1. The molecule has 1 aliphatic rings. The molecule has 0 saturated carbocycles. The molecule has 4 heteroatoms. The molecule has 2 aromatic rings. The van der Waals surface area contributed by atoms with Crippen LogP contribution in [0.25, 0.3) is 0 Å². The van der Waals surface area contributed by atoms with Gasteiger partial charge in [0.2, 0.25) is 5.91 Å². The third kappa shape index (κ3) is 2.29. The van der Waals surface area contributed by atoms with E-state index in [2.05, 4.69) is 11.4 Å². The number of aryl methyl sites for hydroxylation is 1. The second-order valence-corrected chi connectivity index (χ2v) is 5.25. The highest BCUT2D eigenvalue weighted by atomic mass is 16.3. The van der Waals surface area contributed by atoms with Gasteiger partial charge in [-0.2, -0.15) is 0 Å². The average Bonchev–Trinajstić information content (AvgIpc) is 3.04. The van der Waals surface area contributed by atoms with Crippen molar-refractivity contribution in [2.75, 3.05) is 12.4 Å². The Hall–Kier alpha value is -2.23. The van der Waals surface area contributed by atoms with Crippen molar-refractivity contribution in [3.05, 3.63) is 53.5 Å². The summed E-state index contributed by atoms with van der Waals surface area (Å²) >= 11 is 0. The molecule has 1 N–H and O–H groups in total. The van der Waals surface area contributed by atoms with Gasteiger partial charge in [-0.1, -0.05) is 18.2 Å². The lowest BCUT2D eigenvalue weighted by molar-refractivity contribution is -0.131. The molecule has 104 valence electrons. The van der Waals surface area contributed by atoms with E-state index in [1.54, 1.807) is 11.2 Å². The zero-order valence-corrected chi connectivity index (χ0v) is 11.7. The van der Waals surface area contributed by atoms with E-state index in [9.17, 15) is 4.79 Å². The van der Waals surface area contributed by atoms with Crippen LogP contribution in [0.5, 0.6) is 0 Å². The van der Waals surface area contributed by atoms with Crippen molar-refractivity contribution in [2.45, 2.75) is 25.9 Å². The van der Waals surface area contributed by atoms with Crippen LogP contribution in [0.3, 0.4) is 0 Å². The number of amides is 1. The largest absolute Gasteiger partial charge is 0.469 e. The van der Waals surface area contributed by atoms with Gasteiger partial charge in [-0.3, -0.25) is 4.79 Å². The number of nitrogens with one attached hydrogen (secondary N) is 1. The maximum atomic E-state index is 12.5. The Bertz CT molecular complexity index is 608. The monoisotopic (exact) mass is 270 g/mol. The third-order valence-electron chi connectivity index (χ3n) is 3.82. The molecule has 1 amide bonds. The lowest BCUT2D eigenvalue weighted by Crippen LogP contribution is -2.39. The molecule has 3 rings (SSSR count). The van der Waals surface area contributed by atoms with Gasteiger partial charge in [0, 0.05) is 31.3 Å². The van der Waals surface area contributed by atoms with Gasteiger partial charge in [0.05, 0.1) is 6.26 Å². The van der Waals surface area contributed by atoms with Gasteiger partial charge < -0.3 is 14.6 Å². The summed E-state index contributed by atoms with van der Waals surface area (Å²) in [7, 11) is 1.83. The Morgan fingerprint density at radius 1 is 1.40 bits per heavy atom. The minimum Gasteiger partial charge on any atom is -0.469 e. The van der Waals surface area contributed by atoms with Gasteiger partial charge >= 0.3 is 0 Å². The number of likely N-dealkylation sites (N-methyl/N-ethyl adjacent to an activating group) is 1. The summed E-state index contributed by atoms with van der Waals surface area (Å²) in [5.74, 6) is 0.981. The summed E-state index contributed by atoms with van der Waals surface area (Å²) in [6.07, 6.45) is 2.41. The van der Waals surface area contributed by atoms with Crippen molar-refractivity contribution in [1.82, 2.24) is 4.90 Å². The number of benzene rings is 1. The predicted octanol–water partition coefficient (Wildman–Crippen LogP) is 2.58. The van der Waals surface area contributed by atoms with E-state index in [0.717, 1.165) is 23.4 Å². The molecule has 1 aromatic heterocycles. The van der Waals surface area contributed by atoms with Crippen molar-refractivity contribution in [3.8, 4) is 0 Å². The van der Waals surface area contributed by atoms with Gasteiger partial charge in [-0.05, 0) is 24.6 Å². The number of anilines is 1. The summed E-state index contributed by atoms with van der Waals surface area (Å²) in [6, 6.07) is 9.82. The van der Waals surface area contributed by atoms with E-state index in [0.29, 0.717) is 6.54 Å². The van der Waals surface area contributed by atoms with Crippen molar-refractivity contribution in [3.63, 3.8) is 0 Å². The first-order chi connectivity index (χ1) is 9.65. The van der Waals surface area contributed by atoms with Crippen molar-refractivity contribution in [1.29, 1.82) is 0 Å². The normalized spacial score (nSPS) is 16.6. The molecule has 0 bridgehead atoms. The van der Waals surface area contributed by atoms with E-state index in [1.165, 1.54) is 5.56 Å². The Kier molecular flexibility index (Phi) is 3.22. The van der Waals surface area contributed by atoms with Crippen LogP contribution in [0.15, 0.2) is 41.0 Å². The van der Waals surface area contributed by atoms with Crippen molar-refractivity contribution < 1.29 is 9.21 Å². The summed E-state index contributed by atoms with van der Waals surface area (Å²) in [6.45, 7) is 2.49. The molecule has 1 atom stereocenters. The molecule has 0 radical (unpaired) electrons. The molecule has 0 aliphatic carbocycles. The van der Waals surface area contributed by atoms with Gasteiger partial charge in [-0.15, -0.1) is 0 Å². The first-order valence-electron chi connectivity index (χ1n) is 6.77. The Morgan fingerprint density at radius 2 is 2.20 bits per heavy atom. The summed E-state index contributed by atoms with van der Waals surface area (Å²) in [5.41, 5.74) is 3.33. The molecule has 0 fully saturated rings. The van der Waals surface area contributed by atoms with Gasteiger partial charge in [0.1, 0.15) is 11.8 Å². The fourth-order valence-electron chi connectivity index (χ4n) is 2.62. The second kappa shape index (κ2) is 5.04. The highest BCUT2D eigenvalue weighted by Gasteiger charge is 2.28. The van der Waals surface area contributed by atoms with E-state index < -0.39 is 0 Å². The van der Waals surface area contributed by atoms with Gasteiger partial charge in [0.15, 0.2) is 0 Å². The standard InChI is InChI=1S/C16H18N2O2/c1-11-13(7-8-20-11)10-18(2)16(19)15-9-12-5-3-4-6-14(12)17-15/h3-8,15,17H,9-10H2,1-2H3. The molecule has 20 heavy (non-hydrogen) atoms. The first kappa shape index (κ1) is 12.8. The average molecular weight is 270 g/mol. The number of hydrogen-bond donors (Lipinski definition) is 1. The molecule has 0 saturated heterocycles. The third-order valence-corrected chi connectivity index (χ3v) is 3.82.